The second kappa shape index (κ2) is 4.26. The van der Waals surface area contributed by atoms with Gasteiger partial charge in [-0.1, -0.05) is 17.7 Å². The van der Waals surface area contributed by atoms with Crippen LogP contribution in [-0.2, 0) is 0 Å². The molecule has 0 bridgehead atoms. The molecular weight excluding hydrogens is 226 g/mol. The smallest absolute Gasteiger partial charge is 0.122 e. The molecule has 0 aliphatic heterocycles. The van der Waals surface area contributed by atoms with Gasteiger partial charge in [-0.2, -0.15) is 5.10 Å². The number of aromatic nitrogens is 2. The predicted octanol–water partition coefficient (Wildman–Crippen LogP) is 3.98. The molecule has 5 nitrogen and oxygen atoms in total. The molecule has 80 valence electrons. The van der Waals surface area contributed by atoms with Crippen molar-refractivity contribution in [3.63, 3.8) is 0 Å². The van der Waals surface area contributed by atoms with Gasteiger partial charge in [-0.3, -0.25) is 5.10 Å². The largest absolute Gasteiger partial charge is 0.275 e. The predicted molar refractivity (Wildman–Crippen MR) is 62.6 cm³/mol. The van der Waals surface area contributed by atoms with E-state index in [4.69, 9.17) is 17.1 Å². The minimum absolute atomic E-state index is 0.394. The molecule has 0 unspecified atom stereocenters. The zero-order valence-corrected chi connectivity index (χ0v) is 9.23. The van der Waals surface area contributed by atoms with Crippen LogP contribution in [0.5, 0.6) is 0 Å². The van der Waals surface area contributed by atoms with Crippen LogP contribution in [0.2, 0.25) is 5.02 Å². The first-order chi connectivity index (χ1) is 7.70. The molecule has 1 N–H and O–H groups in total. The van der Waals surface area contributed by atoms with Crippen molar-refractivity contribution in [2.45, 2.75) is 6.92 Å². The van der Waals surface area contributed by atoms with Crippen molar-refractivity contribution in [1.29, 1.82) is 0 Å². The minimum Gasteiger partial charge on any atom is -0.275 e. The van der Waals surface area contributed by atoms with Gasteiger partial charge in [0.2, 0.25) is 0 Å². The number of benzene rings is 1. The maximum atomic E-state index is 8.27. The molecule has 1 aromatic heterocycles. The number of azide groups is 1. The number of aromatic amines is 1. The fourth-order valence-electron chi connectivity index (χ4n) is 1.36. The SMILES string of the molecule is Cc1cc(-c2cc(N=[N+]=[N-])[nH]n2)ccc1Cl. The lowest BCUT2D eigenvalue weighted by Gasteiger charge is -2.00. The number of halogens is 1. The van der Waals surface area contributed by atoms with Crippen molar-refractivity contribution >= 4 is 17.4 Å². The second-order valence-electron chi connectivity index (χ2n) is 3.29. The van der Waals surface area contributed by atoms with Crippen LogP contribution in [-0.4, -0.2) is 10.2 Å². The van der Waals surface area contributed by atoms with Crippen molar-refractivity contribution in [2.24, 2.45) is 5.11 Å². The lowest BCUT2D eigenvalue weighted by Crippen LogP contribution is -1.80. The molecule has 16 heavy (non-hydrogen) atoms. The quantitative estimate of drug-likeness (QED) is 0.475. The highest BCUT2D eigenvalue weighted by Crippen LogP contribution is 2.25. The van der Waals surface area contributed by atoms with E-state index in [0.29, 0.717) is 5.82 Å². The Morgan fingerprint density at radius 3 is 2.94 bits per heavy atom. The van der Waals surface area contributed by atoms with Crippen LogP contribution in [0.3, 0.4) is 0 Å². The van der Waals surface area contributed by atoms with Crippen LogP contribution in [0.25, 0.3) is 21.7 Å². The average Bonchev–Trinajstić information content (AvgIpc) is 2.71. The molecule has 0 fully saturated rings. The summed E-state index contributed by atoms with van der Waals surface area (Å²) in [6, 6.07) is 7.29. The summed E-state index contributed by atoms with van der Waals surface area (Å²) in [7, 11) is 0. The summed E-state index contributed by atoms with van der Waals surface area (Å²) in [5, 5.41) is 10.8. The van der Waals surface area contributed by atoms with Gasteiger partial charge >= 0.3 is 0 Å². The fourth-order valence-corrected chi connectivity index (χ4v) is 1.48. The molecule has 0 amide bonds. The van der Waals surface area contributed by atoms with E-state index < -0.39 is 0 Å². The molecule has 0 spiro atoms. The summed E-state index contributed by atoms with van der Waals surface area (Å²) in [6.07, 6.45) is 0. The molecule has 0 aliphatic rings. The molecular formula is C10H8ClN5. The maximum Gasteiger partial charge on any atom is 0.122 e. The number of H-pyrrole nitrogens is 1. The molecule has 0 aliphatic carbocycles. The Bertz CT molecular complexity index is 568. The third-order valence-corrected chi connectivity index (χ3v) is 2.59. The van der Waals surface area contributed by atoms with Crippen LogP contribution in [0.15, 0.2) is 29.4 Å². The maximum absolute atomic E-state index is 8.27. The van der Waals surface area contributed by atoms with E-state index in [0.717, 1.165) is 21.8 Å². The Balaban J connectivity index is 2.42. The topological polar surface area (TPSA) is 77.4 Å². The molecule has 0 atom stereocenters. The van der Waals surface area contributed by atoms with E-state index in [1.807, 2.05) is 25.1 Å². The highest BCUT2D eigenvalue weighted by molar-refractivity contribution is 6.31. The standard InChI is InChI=1S/C10H8ClN5/c1-6-4-7(2-3-8(6)11)9-5-10(14-13-9)15-16-12/h2-5H,1H3,(H,13,14). The number of rotatable bonds is 2. The van der Waals surface area contributed by atoms with Gasteiger partial charge in [0.1, 0.15) is 5.82 Å². The van der Waals surface area contributed by atoms with E-state index in [1.165, 1.54) is 0 Å². The van der Waals surface area contributed by atoms with E-state index >= 15 is 0 Å². The Morgan fingerprint density at radius 2 is 2.25 bits per heavy atom. The van der Waals surface area contributed by atoms with Crippen LogP contribution < -0.4 is 0 Å². The van der Waals surface area contributed by atoms with Crippen LogP contribution in [0, 0.1) is 6.92 Å². The molecule has 2 aromatic rings. The third-order valence-electron chi connectivity index (χ3n) is 2.17. The monoisotopic (exact) mass is 233 g/mol. The lowest BCUT2D eigenvalue weighted by atomic mass is 10.1. The number of nitrogens with zero attached hydrogens (tertiary/aromatic N) is 4. The van der Waals surface area contributed by atoms with Gasteiger partial charge in [-0.05, 0) is 41.3 Å². The average molecular weight is 234 g/mol. The van der Waals surface area contributed by atoms with Gasteiger partial charge in [-0.15, -0.1) is 0 Å². The van der Waals surface area contributed by atoms with Crippen molar-refractivity contribution in [2.75, 3.05) is 0 Å². The summed E-state index contributed by atoms with van der Waals surface area (Å²) >= 11 is 5.93. The van der Waals surface area contributed by atoms with Gasteiger partial charge < -0.3 is 0 Å². The summed E-state index contributed by atoms with van der Waals surface area (Å²) in [5.74, 6) is 0.394. The number of aryl methyl sites for hydroxylation is 1. The van der Waals surface area contributed by atoms with Gasteiger partial charge in [-0.25, -0.2) is 0 Å². The molecule has 0 radical (unpaired) electrons. The van der Waals surface area contributed by atoms with Crippen LogP contribution in [0.4, 0.5) is 5.82 Å². The highest BCUT2D eigenvalue weighted by atomic mass is 35.5. The van der Waals surface area contributed by atoms with Crippen molar-refractivity contribution in [3.05, 3.63) is 45.3 Å². The van der Waals surface area contributed by atoms with Gasteiger partial charge in [0.05, 0.1) is 5.69 Å². The zero-order valence-electron chi connectivity index (χ0n) is 8.48. The molecule has 0 saturated heterocycles. The molecule has 1 aromatic carbocycles. The Kier molecular flexibility index (Phi) is 2.81. The van der Waals surface area contributed by atoms with Crippen molar-refractivity contribution < 1.29 is 0 Å². The Hall–Kier alpha value is -1.97. The molecule has 6 heteroatoms. The fraction of sp³-hybridized carbons (Fsp3) is 0.100. The Morgan fingerprint density at radius 1 is 1.44 bits per heavy atom. The number of hydrogen-bond acceptors (Lipinski definition) is 2. The van der Waals surface area contributed by atoms with E-state index in [-0.39, 0.29) is 0 Å². The van der Waals surface area contributed by atoms with Gasteiger partial charge in [0.25, 0.3) is 0 Å². The molecule has 1 heterocycles. The van der Waals surface area contributed by atoms with E-state index in [2.05, 4.69) is 20.2 Å². The van der Waals surface area contributed by atoms with E-state index in [1.54, 1.807) is 6.07 Å². The Labute approximate surface area is 96.7 Å². The first-order valence-corrected chi connectivity index (χ1v) is 4.95. The van der Waals surface area contributed by atoms with Gasteiger partial charge in [0, 0.05) is 15.5 Å². The summed E-state index contributed by atoms with van der Waals surface area (Å²) in [4.78, 5) is 2.68. The first kappa shape index (κ1) is 10.5. The normalized spacial score (nSPS) is 9.88. The zero-order chi connectivity index (χ0) is 11.5. The van der Waals surface area contributed by atoms with Gasteiger partial charge in [0.15, 0.2) is 0 Å². The van der Waals surface area contributed by atoms with Crippen LogP contribution >= 0.6 is 11.6 Å². The number of nitrogens with one attached hydrogen (secondary N) is 1. The third kappa shape index (κ3) is 2.00. The van der Waals surface area contributed by atoms with E-state index in [9.17, 15) is 0 Å². The summed E-state index contributed by atoms with van der Waals surface area (Å²) in [6.45, 7) is 1.92. The lowest BCUT2D eigenvalue weighted by molar-refractivity contribution is 1.08. The van der Waals surface area contributed by atoms with Crippen LogP contribution in [0.1, 0.15) is 5.56 Å². The second-order valence-corrected chi connectivity index (χ2v) is 3.70. The highest BCUT2D eigenvalue weighted by Gasteiger charge is 2.04. The number of hydrogen-bond donors (Lipinski definition) is 1. The minimum atomic E-state index is 0.394. The summed E-state index contributed by atoms with van der Waals surface area (Å²) in [5.41, 5.74) is 10.9. The molecule has 0 saturated carbocycles. The molecule has 2 rings (SSSR count). The van der Waals surface area contributed by atoms with Crippen molar-refractivity contribution in [1.82, 2.24) is 10.2 Å². The summed E-state index contributed by atoms with van der Waals surface area (Å²) < 4.78 is 0. The van der Waals surface area contributed by atoms with Crippen molar-refractivity contribution in [3.8, 4) is 11.3 Å². The first-order valence-electron chi connectivity index (χ1n) is 4.58.